The third kappa shape index (κ3) is 5.76. The number of hydrogen-bond acceptors (Lipinski definition) is 8. The summed E-state index contributed by atoms with van der Waals surface area (Å²) in [4.78, 5) is 40.9. The molecular formula is C26H29ClN6O3S. The van der Waals surface area contributed by atoms with Crippen LogP contribution in [0.4, 0.5) is 5.95 Å². The van der Waals surface area contributed by atoms with E-state index in [2.05, 4.69) is 32.5 Å². The van der Waals surface area contributed by atoms with Gasteiger partial charge in [0.1, 0.15) is 6.54 Å². The van der Waals surface area contributed by atoms with Crippen molar-refractivity contribution in [3.05, 3.63) is 56.6 Å². The maximum atomic E-state index is 13.2. The predicted molar refractivity (Wildman–Crippen MR) is 143 cm³/mol. The number of carbonyl (C=O) groups is 2. The highest BCUT2D eigenvalue weighted by molar-refractivity contribution is 7.09. The van der Waals surface area contributed by atoms with Crippen LogP contribution in [-0.4, -0.2) is 57.5 Å². The lowest BCUT2D eigenvalue weighted by Crippen LogP contribution is -2.38. The number of anilines is 1. The number of nitrogens with zero attached hydrogens (tertiary/aromatic N) is 4. The van der Waals surface area contributed by atoms with E-state index in [1.165, 1.54) is 0 Å². The van der Waals surface area contributed by atoms with Crippen LogP contribution in [0, 0.1) is 0 Å². The van der Waals surface area contributed by atoms with E-state index in [9.17, 15) is 9.59 Å². The molecule has 4 heterocycles. The Bertz CT molecular complexity index is 1310. The average molecular weight is 541 g/mol. The van der Waals surface area contributed by atoms with Gasteiger partial charge >= 0.3 is 0 Å². The molecule has 0 spiro atoms. The molecule has 1 unspecified atom stereocenters. The lowest BCUT2D eigenvalue weighted by molar-refractivity contribution is -0.122. The van der Waals surface area contributed by atoms with Gasteiger partial charge in [-0.05, 0) is 37.8 Å². The minimum absolute atomic E-state index is 0.0224. The van der Waals surface area contributed by atoms with Gasteiger partial charge in [-0.1, -0.05) is 30.7 Å². The summed E-state index contributed by atoms with van der Waals surface area (Å²) in [5, 5.41) is 9.71. The van der Waals surface area contributed by atoms with E-state index in [-0.39, 0.29) is 30.4 Å². The topological polar surface area (TPSA) is 109 Å². The van der Waals surface area contributed by atoms with Crippen molar-refractivity contribution in [1.82, 2.24) is 25.2 Å². The Morgan fingerprint density at radius 2 is 2.11 bits per heavy atom. The molecule has 11 heteroatoms. The van der Waals surface area contributed by atoms with E-state index in [0.29, 0.717) is 42.0 Å². The highest BCUT2D eigenvalue weighted by Gasteiger charge is 2.30. The van der Waals surface area contributed by atoms with Gasteiger partial charge in [0.05, 0.1) is 33.7 Å². The van der Waals surface area contributed by atoms with Crippen LogP contribution in [0.1, 0.15) is 59.4 Å². The summed E-state index contributed by atoms with van der Waals surface area (Å²) in [6.07, 6.45) is 4.22. The van der Waals surface area contributed by atoms with Crippen LogP contribution in [0.15, 0.2) is 29.8 Å². The van der Waals surface area contributed by atoms with E-state index >= 15 is 0 Å². The second kappa shape index (κ2) is 11.1. The number of aromatic nitrogens is 3. The van der Waals surface area contributed by atoms with Crippen LogP contribution in [-0.2, 0) is 22.5 Å². The lowest BCUT2D eigenvalue weighted by Gasteiger charge is -2.23. The first kappa shape index (κ1) is 25.6. The van der Waals surface area contributed by atoms with Gasteiger partial charge in [0, 0.05) is 42.3 Å². The van der Waals surface area contributed by atoms with Crippen molar-refractivity contribution < 1.29 is 14.3 Å². The zero-order valence-corrected chi connectivity index (χ0v) is 22.4. The number of fused-ring (bicyclic) bond motifs is 1. The van der Waals surface area contributed by atoms with Gasteiger partial charge in [-0.15, -0.1) is 11.3 Å². The van der Waals surface area contributed by atoms with Crippen molar-refractivity contribution in [2.75, 3.05) is 25.1 Å². The summed E-state index contributed by atoms with van der Waals surface area (Å²) in [5.74, 6) is 0.0895. The van der Waals surface area contributed by atoms with Gasteiger partial charge < -0.3 is 20.3 Å². The summed E-state index contributed by atoms with van der Waals surface area (Å²) in [7, 11) is 0. The van der Waals surface area contributed by atoms with Crippen LogP contribution in [0.3, 0.4) is 0 Å². The Hall–Kier alpha value is -3.08. The molecule has 2 aliphatic heterocycles. The van der Waals surface area contributed by atoms with Crippen molar-refractivity contribution >= 4 is 40.7 Å². The quantitative estimate of drug-likeness (QED) is 0.440. The van der Waals surface area contributed by atoms with Gasteiger partial charge in [0.15, 0.2) is 0 Å². The number of ether oxygens (including phenoxy) is 1. The molecule has 0 saturated carbocycles. The highest BCUT2D eigenvalue weighted by atomic mass is 35.5. The van der Waals surface area contributed by atoms with Gasteiger partial charge in [-0.2, -0.15) is 0 Å². The first-order chi connectivity index (χ1) is 17.9. The Kier molecular flexibility index (Phi) is 7.68. The van der Waals surface area contributed by atoms with E-state index in [1.807, 2.05) is 24.4 Å². The second-order valence-electron chi connectivity index (χ2n) is 9.26. The van der Waals surface area contributed by atoms with Crippen molar-refractivity contribution in [2.24, 2.45) is 0 Å². The highest BCUT2D eigenvalue weighted by Crippen LogP contribution is 2.31. The van der Waals surface area contributed by atoms with Gasteiger partial charge in [0.2, 0.25) is 11.9 Å². The average Bonchev–Trinajstić information content (AvgIpc) is 3.50. The largest absolute Gasteiger partial charge is 0.381 e. The molecule has 1 atom stereocenters. The molecule has 1 saturated heterocycles. The molecule has 5 rings (SSSR count). The van der Waals surface area contributed by atoms with Crippen LogP contribution in [0.25, 0.3) is 11.3 Å². The molecule has 1 fully saturated rings. The summed E-state index contributed by atoms with van der Waals surface area (Å²) < 4.78 is 5.41. The molecular weight excluding hydrogens is 512 g/mol. The molecule has 2 aromatic heterocycles. The first-order valence-electron chi connectivity index (χ1n) is 12.4. The van der Waals surface area contributed by atoms with Gasteiger partial charge in [0.25, 0.3) is 5.91 Å². The molecule has 2 N–H and O–H groups in total. The van der Waals surface area contributed by atoms with Crippen LogP contribution in [0.5, 0.6) is 0 Å². The van der Waals surface area contributed by atoms with Gasteiger partial charge in [-0.3, -0.25) is 9.59 Å². The maximum absolute atomic E-state index is 13.2. The van der Waals surface area contributed by atoms with Crippen molar-refractivity contribution in [2.45, 2.75) is 51.7 Å². The van der Waals surface area contributed by atoms with Crippen molar-refractivity contribution in [3.8, 4) is 11.3 Å². The van der Waals surface area contributed by atoms with Gasteiger partial charge in [-0.25, -0.2) is 15.0 Å². The number of halogens is 1. The number of aryl methyl sites for hydroxylation is 1. The number of rotatable bonds is 8. The van der Waals surface area contributed by atoms with Crippen molar-refractivity contribution in [1.29, 1.82) is 0 Å². The summed E-state index contributed by atoms with van der Waals surface area (Å²) in [6.45, 7) is 5.73. The van der Waals surface area contributed by atoms with Crippen LogP contribution >= 0.6 is 22.9 Å². The zero-order chi connectivity index (χ0) is 25.9. The number of carbonyl (C=O) groups excluding carboxylic acids is 2. The van der Waals surface area contributed by atoms with Crippen LogP contribution < -0.4 is 10.6 Å². The summed E-state index contributed by atoms with van der Waals surface area (Å²) in [6, 6.07) is 5.62. The molecule has 0 radical (unpaired) electrons. The molecule has 194 valence electrons. The zero-order valence-electron chi connectivity index (χ0n) is 20.8. The molecule has 3 aromatic rings. The molecule has 37 heavy (non-hydrogen) atoms. The lowest BCUT2D eigenvalue weighted by atomic mass is 10.0. The fraction of sp³-hybridized carbons (Fsp3) is 0.423. The standard InChI is InChI=1S/C26H29ClN6O3S/c1-3-23-31-21(14-37-23)15(2)29-22(34)13-33-12-17-5-4-16(10-19(17)25(33)35)24-20(27)11-28-26(32-24)30-18-6-8-36-9-7-18/h4-5,10-11,14-15,18H,3,6-9,12-13H2,1-2H3,(H,29,34)(H,28,30,32). The Balaban J connectivity index is 1.26. The third-order valence-electron chi connectivity index (χ3n) is 6.59. The minimum atomic E-state index is -0.223. The summed E-state index contributed by atoms with van der Waals surface area (Å²) in [5.41, 5.74) is 3.54. The van der Waals surface area contributed by atoms with E-state index in [0.717, 1.165) is 41.1 Å². The maximum Gasteiger partial charge on any atom is 0.254 e. The van der Waals surface area contributed by atoms with Crippen molar-refractivity contribution in [3.63, 3.8) is 0 Å². The smallest absolute Gasteiger partial charge is 0.254 e. The minimum Gasteiger partial charge on any atom is -0.381 e. The van der Waals surface area contributed by atoms with E-state index in [4.69, 9.17) is 16.3 Å². The SMILES string of the molecule is CCc1nc(C(C)NC(=O)CN2Cc3ccc(-c4nc(NC5CCOCC5)ncc4Cl)cc3C2=O)cs1. The molecule has 9 nitrogen and oxygen atoms in total. The number of amides is 2. The number of hydrogen-bond donors (Lipinski definition) is 2. The number of thiazole rings is 1. The molecule has 1 aromatic carbocycles. The first-order valence-corrected chi connectivity index (χ1v) is 13.7. The predicted octanol–water partition coefficient (Wildman–Crippen LogP) is 4.24. The Labute approximate surface area is 224 Å². The van der Waals surface area contributed by atoms with E-state index < -0.39 is 0 Å². The molecule has 0 aliphatic carbocycles. The molecule has 2 amide bonds. The van der Waals surface area contributed by atoms with E-state index in [1.54, 1.807) is 28.5 Å². The monoisotopic (exact) mass is 540 g/mol. The Morgan fingerprint density at radius 3 is 2.86 bits per heavy atom. The van der Waals surface area contributed by atoms with Crippen LogP contribution in [0.2, 0.25) is 5.02 Å². The summed E-state index contributed by atoms with van der Waals surface area (Å²) >= 11 is 8.03. The second-order valence-corrected chi connectivity index (χ2v) is 10.6. The number of benzene rings is 1. The fourth-order valence-corrected chi connectivity index (χ4v) is 5.56. The molecule has 0 bridgehead atoms. The normalized spacial score (nSPS) is 16.5. The molecule has 2 aliphatic rings. The third-order valence-corrected chi connectivity index (χ3v) is 7.88. The number of nitrogens with one attached hydrogen (secondary N) is 2. The Morgan fingerprint density at radius 1 is 1.30 bits per heavy atom. The fourth-order valence-electron chi connectivity index (χ4n) is 4.52.